The molecule has 0 fully saturated rings. The molecule has 0 saturated carbocycles. The van der Waals surface area contributed by atoms with E-state index in [-0.39, 0.29) is 11.4 Å². The van der Waals surface area contributed by atoms with Crippen molar-refractivity contribution in [2.24, 2.45) is 10.2 Å². The van der Waals surface area contributed by atoms with Gasteiger partial charge in [0.2, 0.25) is 4.99 Å². The van der Waals surface area contributed by atoms with Gasteiger partial charge in [-0.25, -0.2) is 10.0 Å². The monoisotopic (exact) mass is 586 g/mol. The molecule has 0 saturated heterocycles. The molecule has 0 aromatic heterocycles. The minimum atomic E-state index is -1.23. The lowest BCUT2D eigenvalue weighted by atomic mass is 9.90. The second-order valence-electron chi connectivity index (χ2n) is 10.00. The second-order valence-corrected chi connectivity index (χ2v) is 11.4. The molecule has 0 amide bonds. The van der Waals surface area contributed by atoms with Gasteiger partial charge in [0, 0.05) is 22.8 Å². The average Bonchev–Trinajstić information content (AvgIpc) is 3.38. The van der Waals surface area contributed by atoms with Gasteiger partial charge in [-0.3, -0.25) is 20.2 Å². The molecule has 5 aromatic rings. The number of benzene rings is 5. The molecule has 2 aliphatic rings. The standard InChI is InChI=1S/C32H22N6O4S/c1-21-33-36(29-19-18-24(37(39)40)20-30(29)38(41)42)32(43-21)28-17-8-7-15-27(28)31(34-35(32)23-12-3-2-4-13-23)26-16-9-11-22-10-5-6-14-25(22)26/h2-20H,1H3/t32-/m1/s1. The third-order valence-corrected chi connectivity index (χ3v) is 8.71. The maximum atomic E-state index is 12.3. The molecule has 0 unspecified atom stereocenters. The fourth-order valence-corrected chi connectivity index (χ4v) is 6.97. The highest BCUT2D eigenvalue weighted by molar-refractivity contribution is 8.15. The highest BCUT2D eigenvalue weighted by atomic mass is 32.2. The first-order chi connectivity index (χ1) is 20.9. The quantitative estimate of drug-likeness (QED) is 0.153. The molecular weight excluding hydrogens is 564 g/mol. The van der Waals surface area contributed by atoms with Gasteiger partial charge in [-0.05, 0) is 47.7 Å². The summed E-state index contributed by atoms with van der Waals surface area (Å²) >= 11 is 1.41. The second kappa shape index (κ2) is 10.1. The first-order valence-electron chi connectivity index (χ1n) is 13.4. The van der Waals surface area contributed by atoms with Crippen molar-refractivity contribution in [1.82, 2.24) is 0 Å². The number of hydrogen-bond donors (Lipinski definition) is 0. The third kappa shape index (κ3) is 4.12. The van der Waals surface area contributed by atoms with Gasteiger partial charge >= 0.3 is 5.69 Å². The molecule has 0 bridgehead atoms. The number of rotatable bonds is 5. The van der Waals surface area contributed by atoms with Gasteiger partial charge in [0.25, 0.3) is 5.69 Å². The third-order valence-electron chi connectivity index (χ3n) is 7.48. The lowest BCUT2D eigenvalue weighted by Crippen LogP contribution is -2.54. The Balaban J connectivity index is 1.54. The van der Waals surface area contributed by atoms with Crippen LogP contribution >= 0.6 is 11.8 Å². The van der Waals surface area contributed by atoms with E-state index in [0.29, 0.717) is 5.04 Å². The van der Waals surface area contributed by atoms with Crippen molar-refractivity contribution in [3.63, 3.8) is 0 Å². The summed E-state index contributed by atoms with van der Waals surface area (Å²) in [6.45, 7) is 1.83. The van der Waals surface area contributed by atoms with Crippen LogP contribution in [0.2, 0.25) is 0 Å². The molecule has 1 spiro atoms. The maximum Gasteiger partial charge on any atom is 0.301 e. The van der Waals surface area contributed by atoms with Crippen molar-refractivity contribution in [2.45, 2.75) is 11.9 Å². The SMILES string of the molecule is CC1=NN(c2ccc([N+](=O)[O-])cc2[N+](=O)[O-])[C@@]2(S1)c1ccccc1C(c1cccc3ccccc13)=NN2c1ccccc1. The number of thioether (sulfide) groups is 1. The summed E-state index contributed by atoms with van der Waals surface area (Å²) in [6, 6.07) is 35.3. The number of nitro benzene ring substituents is 2. The lowest BCUT2D eigenvalue weighted by Gasteiger charge is -2.47. The molecule has 0 N–H and O–H groups in total. The zero-order chi connectivity index (χ0) is 29.7. The van der Waals surface area contributed by atoms with Gasteiger partial charge in [0.1, 0.15) is 5.69 Å². The summed E-state index contributed by atoms with van der Waals surface area (Å²) in [6.07, 6.45) is 0. The highest BCUT2D eigenvalue weighted by Crippen LogP contribution is 2.56. The summed E-state index contributed by atoms with van der Waals surface area (Å²) in [5.74, 6) is 0. The number of nitrogens with zero attached hydrogens (tertiary/aromatic N) is 6. The maximum absolute atomic E-state index is 12.3. The largest absolute Gasteiger partial charge is 0.301 e. The van der Waals surface area contributed by atoms with E-state index in [1.54, 1.807) is 5.01 Å². The van der Waals surface area contributed by atoms with Crippen LogP contribution in [0.3, 0.4) is 0 Å². The minimum absolute atomic E-state index is 0.111. The Hall–Kier alpha value is -5.55. The zero-order valence-corrected chi connectivity index (χ0v) is 23.5. The van der Waals surface area contributed by atoms with Gasteiger partial charge in [-0.1, -0.05) is 84.9 Å². The number of hydrazone groups is 2. The molecule has 210 valence electrons. The number of fused-ring (bicyclic) bond motifs is 3. The Morgan fingerprint density at radius 3 is 2.21 bits per heavy atom. The Bertz CT molecular complexity index is 2010. The number of para-hydroxylation sites is 1. The topological polar surface area (TPSA) is 117 Å². The van der Waals surface area contributed by atoms with E-state index in [0.717, 1.165) is 44.9 Å². The Morgan fingerprint density at radius 2 is 1.42 bits per heavy atom. The van der Waals surface area contributed by atoms with Crippen molar-refractivity contribution in [3.05, 3.63) is 152 Å². The lowest BCUT2D eigenvalue weighted by molar-refractivity contribution is -0.393. The van der Waals surface area contributed by atoms with Gasteiger partial charge in [0.05, 0.1) is 32.4 Å². The van der Waals surface area contributed by atoms with Crippen LogP contribution in [0, 0.1) is 20.2 Å². The predicted molar refractivity (Wildman–Crippen MR) is 170 cm³/mol. The van der Waals surface area contributed by atoms with E-state index in [9.17, 15) is 20.2 Å². The van der Waals surface area contributed by atoms with Crippen LogP contribution in [-0.4, -0.2) is 20.6 Å². The first-order valence-corrected chi connectivity index (χ1v) is 14.2. The molecule has 2 aliphatic heterocycles. The smallest absolute Gasteiger partial charge is 0.258 e. The average molecular weight is 587 g/mol. The van der Waals surface area contributed by atoms with Crippen molar-refractivity contribution in [1.29, 1.82) is 0 Å². The van der Waals surface area contributed by atoms with Crippen LogP contribution in [0.25, 0.3) is 10.8 Å². The summed E-state index contributed by atoms with van der Waals surface area (Å²) in [7, 11) is 0. The van der Waals surface area contributed by atoms with E-state index >= 15 is 0 Å². The fourth-order valence-electron chi connectivity index (χ4n) is 5.69. The number of non-ortho nitro benzene ring substituents is 1. The molecular formula is C32H22N6O4S. The van der Waals surface area contributed by atoms with E-state index in [1.807, 2.05) is 90.8 Å². The number of anilines is 2. The van der Waals surface area contributed by atoms with Crippen LogP contribution in [0.15, 0.2) is 125 Å². The minimum Gasteiger partial charge on any atom is -0.258 e. The summed E-state index contributed by atoms with van der Waals surface area (Å²) in [4.78, 5) is 21.4. The van der Waals surface area contributed by atoms with E-state index in [2.05, 4.69) is 18.2 Å². The zero-order valence-electron chi connectivity index (χ0n) is 22.7. The molecule has 5 aromatic carbocycles. The molecule has 10 nitrogen and oxygen atoms in total. The van der Waals surface area contributed by atoms with E-state index < -0.39 is 20.5 Å². The van der Waals surface area contributed by atoms with Crippen molar-refractivity contribution in [2.75, 3.05) is 10.0 Å². The van der Waals surface area contributed by atoms with Crippen molar-refractivity contribution >= 4 is 56.0 Å². The molecule has 0 aliphatic carbocycles. The Kier molecular flexibility index (Phi) is 6.17. The summed E-state index contributed by atoms with van der Waals surface area (Å²) in [5, 5.41) is 40.2. The first kappa shape index (κ1) is 26.4. The molecule has 0 radical (unpaired) electrons. The molecule has 11 heteroatoms. The van der Waals surface area contributed by atoms with Crippen molar-refractivity contribution < 1.29 is 9.85 Å². The number of hydrogen-bond acceptors (Lipinski definition) is 9. The van der Waals surface area contributed by atoms with Gasteiger partial charge in [0.15, 0.2) is 0 Å². The molecule has 43 heavy (non-hydrogen) atoms. The Morgan fingerprint density at radius 1 is 0.721 bits per heavy atom. The van der Waals surface area contributed by atoms with Crippen LogP contribution in [0.4, 0.5) is 22.7 Å². The number of nitro groups is 2. The van der Waals surface area contributed by atoms with E-state index in [4.69, 9.17) is 10.2 Å². The van der Waals surface area contributed by atoms with Crippen molar-refractivity contribution in [3.8, 4) is 0 Å². The van der Waals surface area contributed by atoms with Gasteiger partial charge < -0.3 is 0 Å². The van der Waals surface area contributed by atoms with Crippen LogP contribution in [0.1, 0.15) is 23.6 Å². The highest BCUT2D eigenvalue weighted by Gasteiger charge is 2.55. The van der Waals surface area contributed by atoms with E-state index in [1.165, 1.54) is 23.9 Å². The molecule has 2 heterocycles. The fraction of sp³-hybridized carbons (Fsp3) is 0.0625. The summed E-state index contributed by atoms with van der Waals surface area (Å²) in [5.41, 5.74) is 3.38. The van der Waals surface area contributed by atoms with Crippen LogP contribution in [0.5, 0.6) is 0 Å². The molecule has 7 rings (SSSR count). The molecule has 1 atom stereocenters. The normalized spacial score (nSPS) is 17.5. The summed E-state index contributed by atoms with van der Waals surface area (Å²) < 4.78 is 0. The van der Waals surface area contributed by atoms with Crippen LogP contribution in [-0.2, 0) is 4.99 Å². The van der Waals surface area contributed by atoms with Gasteiger partial charge in [-0.15, -0.1) is 0 Å². The van der Waals surface area contributed by atoms with Crippen LogP contribution < -0.4 is 10.0 Å². The Labute approximate surface area is 249 Å². The predicted octanol–water partition coefficient (Wildman–Crippen LogP) is 7.63. The van der Waals surface area contributed by atoms with Gasteiger partial charge in [-0.2, -0.15) is 10.2 Å².